The van der Waals surface area contributed by atoms with E-state index in [0.29, 0.717) is 5.56 Å². The van der Waals surface area contributed by atoms with Gasteiger partial charge < -0.3 is 19.3 Å². The molecule has 4 atom stereocenters. The Kier molecular flexibility index (Phi) is 9.50. The second-order valence-corrected chi connectivity index (χ2v) is 22.6. The summed E-state index contributed by atoms with van der Waals surface area (Å²) in [4.78, 5) is 17.2. The van der Waals surface area contributed by atoms with Crippen molar-refractivity contribution in [1.29, 1.82) is 0 Å². The minimum atomic E-state index is -2.24. The highest BCUT2D eigenvalue weighted by atomic mass is 28.4. The van der Waals surface area contributed by atoms with Crippen LogP contribution in [0.2, 0.25) is 36.3 Å². The van der Waals surface area contributed by atoms with Crippen molar-refractivity contribution in [3.05, 3.63) is 22.2 Å². The molecular formula is C27H49N3O4Si2. The van der Waals surface area contributed by atoms with Crippen molar-refractivity contribution >= 4 is 22.5 Å². The molecule has 2 heterocycles. The number of hydrogen-bond donors (Lipinski definition) is 1. The van der Waals surface area contributed by atoms with E-state index in [1.54, 1.807) is 6.20 Å². The first-order valence-corrected chi connectivity index (χ1v) is 19.0. The average molecular weight is 536 g/mol. The first-order chi connectivity index (χ1) is 16.3. The summed E-state index contributed by atoms with van der Waals surface area (Å²) in [5.41, 5.74) is 6.13. The lowest BCUT2D eigenvalue weighted by molar-refractivity contribution is -0.0310. The Hall–Kier alpha value is -1.45. The lowest BCUT2D eigenvalue weighted by Crippen LogP contribution is -2.53. The monoisotopic (exact) mass is 535 g/mol. The Morgan fingerprint density at radius 3 is 2.08 bits per heavy atom. The highest BCUT2D eigenvalue weighted by Crippen LogP contribution is 2.45. The van der Waals surface area contributed by atoms with Crippen LogP contribution in [0.4, 0.5) is 5.82 Å². The maximum absolute atomic E-state index is 13.1. The van der Waals surface area contributed by atoms with Gasteiger partial charge in [0.2, 0.25) is 0 Å². The number of aromatic nitrogens is 2. The lowest BCUT2D eigenvalue weighted by atomic mass is 10.1. The minimum absolute atomic E-state index is 0.0210. The van der Waals surface area contributed by atoms with E-state index in [2.05, 4.69) is 91.5 Å². The maximum atomic E-state index is 13.1. The smallest absolute Gasteiger partial charge is 0.351 e. The van der Waals surface area contributed by atoms with E-state index >= 15 is 0 Å². The molecule has 0 bridgehead atoms. The number of anilines is 1. The van der Waals surface area contributed by atoms with E-state index in [9.17, 15) is 4.79 Å². The zero-order valence-corrected chi connectivity index (χ0v) is 26.6. The van der Waals surface area contributed by atoms with Gasteiger partial charge in [0.15, 0.2) is 22.9 Å². The Labute approximate surface area is 220 Å². The van der Waals surface area contributed by atoms with Crippen molar-refractivity contribution in [2.75, 3.05) is 5.73 Å². The van der Waals surface area contributed by atoms with E-state index in [4.69, 9.17) is 19.3 Å². The minimum Gasteiger partial charge on any atom is -0.409 e. The third-order valence-electron chi connectivity index (χ3n) is 8.03. The van der Waals surface area contributed by atoms with Crippen LogP contribution in [0.3, 0.4) is 0 Å². The third-order valence-corrected chi connectivity index (χ3v) is 17.0. The zero-order chi connectivity index (χ0) is 27.7. The highest BCUT2D eigenvalue weighted by molar-refractivity contribution is 6.74. The Balaban J connectivity index is 2.58. The van der Waals surface area contributed by atoms with Crippen LogP contribution >= 0.6 is 0 Å². The Morgan fingerprint density at radius 1 is 1.06 bits per heavy atom. The molecule has 0 amide bonds. The standard InChI is InChI=1S/C27H49N3O4Si2/c1-13-14-15-16-17-20-18-30(25(31)29-23(20)28)24-22(34-36(11,12)27(6,7)8)21(19(2)32-24)33-35(9,10)26(3,4)5/h18-19,21-22,24H,13-15H2,1-12H3,(H2,28,29,31)/t19-,21-,22-,24-/m1/s1. The second kappa shape index (κ2) is 11.1. The van der Waals surface area contributed by atoms with E-state index in [1.807, 2.05) is 6.92 Å². The number of nitrogens with two attached hydrogens (primary N) is 1. The number of hydrogen-bond acceptors (Lipinski definition) is 6. The molecule has 0 spiro atoms. The van der Waals surface area contributed by atoms with Crippen LogP contribution < -0.4 is 11.4 Å². The molecule has 0 unspecified atom stereocenters. The molecule has 0 aliphatic carbocycles. The quantitative estimate of drug-likeness (QED) is 0.259. The van der Waals surface area contributed by atoms with Crippen molar-refractivity contribution in [2.45, 2.75) is 135 Å². The summed E-state index contributed by atoms with van der Waals surface area (Å²) in [7, 11) is -4.40. The fourth-order valence-electron chi connectivity index (χ4n) is 3.53. The molecule has 9 heteroatoms. The van der Waals surface area contributed by atoms with Crippen molar-refractivity contribution < 1.29 is 13.6 Å². The van der Waals surface area contributed by atoms with Gasteiger partial charge in [-0.25, -0.2) is 4.79 Å². The predicted molar refractivity (Wildman–Crippen MR) is 153 cm³/mol. The van der Waals surface area contributed by atoms with Gasteiger partial charge >= 0.3 is 5.69 Å². The van der Waals surface area contributed by atoms with Crippen LogP contribution in [-0.2, 0) is 13.6 Å². The number of nitrogen functional groups attached to an aromatic ring is 1. The highest BCUT2D eigenvalue weighted by Gasteiger charge is 2.53. The molecule has 0 radical (unpaired) electrons. The fourth-order valence-corrected chi connectivity index (χ4v) is 6.18. The summed E-state index contributed by atoms with van der Waals surface area (Å²) in [6.07, 6.45) is 2.81. The van der Waals surface area contributed by atoms with Gasteiger partial charge in [-0.1, -0.05) is 66.7 Å². The van der Waals surface area contributed by atoms with Crippen LogP contribution in [0, 0.1) is 11.8 Å². The summed E-state index contributed by atoms with van der Waals surface area (Å²) < 4.78 is 21.8. The topological polar surface area (TPSA) is 88.6 Å². The van der Waals surface area contributed by atoms with Gasteiger partial charge in [0.05, 0.1) is 11.7 Å². The summed E-state index contributed by atoms with van der Waals surface area (Å²) in [5.74, 6) is 6.38. The summed E-state index contributed by atoms with van der Waals surface area (Å²) in [5, 5.41) is -0.00168. The van der Waals surface area contributed by atoms with Crippen molar-refractivity contribution in [3.63, 3.8) is 0 Å². The van der Waals surface area contributed by atoms with Crippen molar-refractivity contribution in [2.24, 2.45) is 0 Å². The predicted octanol–water partition coefficient (Wildman–Crippen LogP) is 6.07. The molecule has 36 heavy (non-hydrogen) atoms. The van der Waals surface area contributed by atoms with Crippen molar-refractivity contribution in [1.82, 2.24) is 9.55 Å². The first kappa shape index (κ1) is 30.8. The van der Waals surface area contributed by atoms with Gasteiger partial charge in [0.1, 0.15) is 18.0 Å². The van der Waals surface area contributed by atoms with Gasteiger partial charge in [-0.15, -0.1) is 0 Å². The Bertz CT molecular complexity index is 1030. The Morgan fingerprint density at radius 2 is 1.58 bits per heavy atom. The summed E-state index contributed by atoms with van der Waals surface area (Å²) in [6.45, 7) is 26.3. The van der Waals surface area contributed by atoms with Crippen LogP contribution in [0.25, 0.3) is 0 Å². The molecule has 0 saturated carbocycles. The molecule has 1 aliphatic rings. The van der Waals surface area contributed by atoms with E-state index in [1.165, 1.54) is 4.57 Å². The lowest BCUT2D eigenvalue weighted by Gasteiger charge is -2.44. The molecule has 1 fully saturated rings. The van der Waals surface area contributed by atoms with Gasteiger partial charge in [-0.2, -0.15) is 4.98 Å². The first-order valence-electron chi connectivity index (χ1n) is 13.2. The largest absolute Gasteiger partial charge is 0.409 e. The van der Waals surface area contributed by atoms with Gasteiger partial charge in [-0.05, 0) is 49.6 Å². The third kappa shape index (κ3) is 6.90. The van der Waals surface area contributed by atoms with E-state index < -0.39 is 34.7 Å². The molecule has 2 N–H and O–H groups in total. The van der Waals surface area contributed by atoms with Crippen LogP contribution in [0.15, 0.2) is 11.0 Å². The van der Waals surface area contributed by atoms with Crippen LogP contribution in [0.1, 0.15) is 86.4 Å². The molecule has 2 rings (SSSR count). The van der Waals surface area contributed by atoms with E-state index in [0.717, 1.165) is 19.3 Å². The van der Waals surface area contributed by atoms with Crippen molar-refractivity contribution in [3.8, 4) is 11.8 Å². The van der Waals surface area contributed by atoms with E-state index in [-0.39, 0.29) is 28.1 Å². The molecular weight excluding hydrogens is 486 g/mol. The molecule has 204 valence electrons. The molecule has 7 nitrogen and oxygen atoms in total. The van der Waals surface area contributed by atoms with Gasteiger partial charge in [0, 0.05) is 12.6 Å². The van der Waals surface area contributed by atoms with Gasteiger partial charge in [0.25, 0.3) is 0 Å². The normalized spacial score (nSPS) is 23.4. The summed E-state index contributed by atoms with van der Waals surface area (Å²) >= 11 is 0. The molecule has 1 aromatic heterocycles. The summed E-state index contributed by atoms with van der Waals surface area (Å²) in [6, 6.07) is 0. The molecule has 1 aromatic rings. The molecule has 1 aliphatic heterocycles. The SMILES string of the molecule is CCCCC#Cc1cn([C@@H]2O[C@H](C)[C@@H](O[Si](C)(C)C(C)(C)C)[C@H]2O[Si](C)(C)C(C)(C)C)c(=O)nc1N. The van der Waals surface area contributed by atoms with Crippen LogP contribution in [-0.4, -0.2) is 44.5 Å². The molecule has 0 aromatic carbocycles. The number of rotatable bonds is 7. The zero-order valence-electron chi connectivity index (χ0n) is 24.6. The fraction of sp³-hybridized carbons (Fsp3) is 0.778. The second-order valence-electron chi connectivity index (χ2n) is 13.1. The van der Waals surface area contributed by atoms with Gasteiger partial charge in [-0.3, -0.25) is 4.57 Å². The number of nitrogens with zero attached hydrogens (tertiary/aromatic N) is 2. The number of unbranched alkanes of at least 4 members (excludes halogenated alkanes) is 2. The maximum Gasteiger partial charge on any atom is 0.351 e. The average Bonchev–Trinajstić information content (AvgIpc) is 2.99. The molecule has 1 saturated heterocycles. The van der Waals surface area contributed by atoms with Crippen LogP contribution in [0.5, 0.6) is 0 Å². The number of ether oxygens (including phenoxy) is 1.